The summed E-state index contributed by atoms with van der Waals surface area (Å²) in [6.07, 6.45) is 0.726. The zero-order valence-electron chi connectivity index (χ0n) is 14.0. The lowest BCUT2D eigenvalue weighted by molar-refractivity contribution is 0.0951. The summed E-state index contributed by atoms with van der Waals surface area (Å²) in [7, 11) is 0. The summed E-state index contributed by atoms with van der Waals surface area (Å²) < 4.78 is 18.2. The summed E-state index contributed by atoms with van der Waals surface area (Å²) in [4.78, 5) is 12.4. The van der Waals surface area contributed by atoms with Crippen molar-refractivity contribution in [1.82, 2.24) is 5.32 Å². The highest BCUT2D eigenvalue weighted by Gasteiger charge is 2.15. The molecule has 2 aromatic rings. The molecule has 2 rings (SSSR count). The van der Waals surface area contributed by atoms with Gasteiger partial charge >= 0.3 is 0 Å². The van der Waals surface area contributed by atoms with Crippen molar-refractivity contribution in [3.63, 3.8) is 0 Å². The predicted octanol–water partition coefficient (Wildman–Crippen LogP) is 3.21. The Morgan fingerprint density at radius 3 is 2.58 bits per heavy atom. The van der Waals surface area contributed by atoms with Crippen LogP contribution in [0.5, 0.6) is 5.75 Å². The number of benzene rings is 2. The first-order chi connectivity index (χ1) is 11.5. The minimum absolute atomic E-state index is 0.0242. The number of nitrogens with one attached hydrogen (secondary N) is 1. The number of hydrogen-bond acceptors (Lipinski definition) is 4. The van der Waals surface area contributed by atoms with Gasteiger partial charge < -0.3 is 15.8 Å². The quantitative estimate of drug-likeness (QED) is 0.576. The topological polar surface area (TPSA) is 64.3 Å². The number of ketones is 1. The second kappa shape index (κ2) is 8.45. The molecule has 0 radical (unpaired) electrons. The molecular weight excluding hydrogens is 307 g/mol. The third-order valence-electron chi connectivity index (χ3n) is 3.76. The summed E-state index contributed by atoms with van der Waals surface area (Å²) in [6, 6.07) is 11.1. The lowest BCUT2D eigenvalue weighted by Gasteiger charge is -2.14. The lowest BCUT2D eigenvalue weighted by Crippen LogP contribution is -2.35. The largest absolute Gasteiger partial charge is 0.492 e. The summed E-state index contributed by atoms with van der Waals surface area (Å²) in [5, 5.41) is 3.19. The molecule has 1 atom stereocenters. The van der Waals surface area contributed by atoms with Gasteiger partial charge in [0.1, 0.15) is 11.6 Å². The Hall–Kier alpha value is -2.40. The molecule has 1 unspecified atom stereocenters. The zero-order valence-corrected chi connectivity index (χ0v) is 14.0. The van der Waals surface area contributed by atoms with Gasteiger partial charge in [0.25, 0.3) is 0 Å². The van der Waals surface area contributed by atoms with Gasteiger partial charge in [-0.25, -0.2) is 4.39 Å². The molecule has 0 aromatic heterocycles. The van der Waals surface area contributed by atoms with Crippen LogP contribution in [0.3, 0.4) is 0 Å². The third-order valence-corrected chi connectivity index (χ3v) is 3.76. The number of anilines is 1. The number of carbonyl (C=O) groups is 1. The number of halogens is 1. The summed E-state index contributed by atoms with van der Waals surface area (Å²) >= 11 is 0. The maximum Gasteiger partial charge on any atom is 0.179 e. The van der Waals surface area contributed by atoms with Crippen LogP contribution in [0.15, 0.2) is 42.5 Å². The molecule has 0 spiro atoms. The molecule has 2 aromatic carbocycles. The van der Waals surface area contributed by atoms with Gasteiger partial charge in [0.2, 0.25) is 0 Å². The molecule has 0 saturated carbocycles. The number of nitrogen functional groups attached to an aromatic ring is 1. The Bertz CT molecular complexity index is 686. The van der Waals surface area contributed by atoms with Crippen molar-refractivity contribution in [3.8, 4) is 5.75 Å². The van der Waals surface area contributed by atoms with E-state index in [0.29, 0.717) is 30.2 Å². The van der Waals surface area contributed by atoms with E-state index in [1.165, 1.54) is 12.1 Å². The normalized spacial score (nSPS) is 12.0. The van der Waals surface area contributed by atoms with E-state index in [-0.39, 0.29) is 17.6 Å². The van der Waals surface area contributed by atoms with Crippen LogP contribution in [-0.2, 0) is 6.42 Å². The molecule has 0 aliphatic heterocycles. The predicted molar refractivity (Wildman–Crippen MR) is 93.9 cm³/mol. The van der Waals surface area contributed by atoms with E-state index in [0.717, 1.165) is 12.0 Å². The molecule has 0 fully saturated rings. The molecule has 4 nitrogen and oxygen atoms in total. The molecule has 0 bridgehead atoms. The first kappa shape index (κ1) is 17.9. The fourth-order valence-corrected chi connectivity index (χ4v) is 2.42. The summed E-state index contributed by atoms with van der Waals surface area (Å²) in [5.41, 5.74) is 7.94. The van der Waals surface area contributed by atoms with Crippen molar-refractivity contribution in [2.24, 2.45) is 0 Å². The van der Waals surface area contributed by atoms with Gasteiger partial charge in [-0.15, -0.1) is 0 Å². The fourth-order valence-electron chi connectivity index (χ4n) is 2.42. The van der Waals surface area contributed by atoms with Crippen molar-refractivity contribution >= 4 is 11.5 Å². The van der Waals surface area contributed by atoms with Crippen molar-refractivity contribution in [1.29, 1.82) is 0 Å². The molecule has 5 heteroatoms. The molecule has 3 N–H and O–H groups in total. The fraction of sp³-hybridized carbons (Fsp3) is 0.316. The first-order valence-corrected chi connectivity index (χ1v) is 8.05. The van der Waals surface area contributed by atoms with Crippen molar-refractivity contribution in [2.75, 3.05) is 18.9 Å². The Balaban J connectivity index is 1.89. The van der Waals surface area contributed by atoms with Gasteiger partial charge in [0.05, 0.1) is 18.3 Å². The molecule has 0 heterocycles. The van der Waals surface area contributed by atoms with E-state index in [1.807, 2.05) is 13.8 Å². The summed E-state index contributed by atoms with van der Waals surface area (Å²) in [6.45, 7) is 4.86. The van der Waals surface area contributed by atoms with Crippen LogP contribution >= 0.6 is 0 Å². The van der Waals surface area contributed by atoms with Crippen LogP contribution in [0.1, 0.15) is 29.8 Å². The Kier molecular flexibility index (Phi) is 6.32. The average Bonchev–Trinajstić information content (AvgIpc) is 2.58. The van der Waals surface area contributed by atoms with Crippen LogP contribution < -0.4 is 15.8 Å². The van der Waals surface area contributed by atoms with Crippen molar-refractivity contribution in [3.05, 3.63) is 59.4 Å². The highest BCUT2D eigenvalue weighted by atomic mass is 19.1. The second-order valence-electron chi connectivity index (χ2n) is 5.60. The number of nitrogens with two attached hydrogens (primary N) is 1. The molecular formula is C19H23FN2O2. The molecule has 128 valence electrons. The Labute approximate surface area is 141 Å². The van der Waals surface area contributed by atoms with Crippen molar-refractivity contribution in [2.45, 2.75) is 26.3 Å². The molecule has 24 heavy (non-hydrogen) atoms. The minimum Gasteiger partial charge on any atom is -0.492 e. The van der Waals surface area contributed by atoms with Crippen LogP contribution in [-0.4, -0.2) is 25.0 Å². The van der Waals surface area contributed by atoms with Gasteiger partial charge in [0, 0.05) is 5.56 Å². The Morgan fingerprint density at radius 1 is 1.25 bits per heavy atom. The maximum absolute atomic E-state index is 12.9. The van der Waals surface area contributed by atoms with E-state index in [4.69, 9.17) is 10.5 Å². The van der Waals surface area contributed by atoms with Gasteiger partial charge in [-0.1, -0.05) is 12.1 Å². The van der Waals surface area contributed by atoms with E-state index < -0.39 is 0 Å². The first-order valence-electron chi connectivity index (χ1n) is 8.05. The summed E-state index contributed by atoms with van der Waals surface area (Å²) in [5.74, 6) is 0.318. The number of ether oxygens (including phenoxy) is 1. The zero-order chi connectivity index (χ0) is 17.5. The number of Topliss-reactive ketones (excluding diaryl/α,β-unsaturated/α-hetero) is 1. The highest BCUT2D eigenvalue weighted by molar-refractivity contribution is 6.00. The van der Waals surface area contributed by atoms with Gasteiger partial charge in [-0.2, -0.15) is 0 Å². The van der Waals surface area contributed by atoms with Crippen LogP contribution in [0, 0.1) is 5.82 Å². The SMILES string of the molecule is CCOc1ccc(C(=O)C(C)NCCc2ccc(F)cc2)cc1N. The van der Waals surface area contributed by atoms with E-state index in [1.54, 1.807) is 30.3 Å². The van der Waals surface area contributed by atoms with Crippen LogP contribution in [0.4, 0.5) is 10.1 Å². The highest BCUT2D eigenvalue weighted by Crippen LogP contribution is 2.23. The maximum atomic E-state index is 12.9. The van der Waals surface area contributed by atoms with Crippen molar-refractivity contribution < 1.29 is 13.9 Å². The molecule has 0 aliphatic rings. The smallest absolute Gasteiger partial charge is 0.179 e. The number of hydrogen-bond donors (Lipinski definition) is 2. The monoisotopic (exact) mass is 330 g/mol. The molecule has 0 aliphatic carbocycles. The van der Waals surface area contributed by atoms with E-state index >= 15 is 0 Å². The lowest BCUT2D eigenvalue weighted by atomic mass is 10.0. The average molecular weight is 330 g/mol. The van der Waals surface area contributed by atoms with E-state index in [2.05, 4.69) is 5.32 Å². The van der Waals surface area contributed by atoms with Gasteiger partial charge in [-0.3, -0.25) is 4.79 Å². The van der Waals surface area contributed by atoms with Crippen LogP contribution in [0.2, 0.25) is 0 Å². The molecule has 0 amide bonds. The van der Waals surface area contributed by atoms with Gasteiger partial charge in [0.15, 0.2) is 5.78 Å². The Morgan fingerprint density at radius 2 is 1.96 bits per heavy atom. The number of carbonyl (C=O) groups excluding carboxylic acids is 1. The minimum atomic E-state index is -0.331. The van der Waals surface area contributed by atoms with Gasteiger partial charge in [-0.05, 0) is 62.7 Å². The standard InChI is InChI=1S/C19H23FN2O2/c1-3-24-18-9-6-15(12-17(18)21)19(23)13(2)22-11-10-14-4-7-16(20)8-5-14/h4-9,12-13,22H,3,10-11,21H2,1-2H3. The molecule has 0 saturated heterocycles. The second-order valence-corrected chi connectivity index (χ2v) is 5.60. The van der Waals surface area contributed by atoms with E-state index in [9.17, 15) is 9.18 Å². The third kappa shape index (κ3) is 4.80. The van der Waals surface area contributed by atoms with Crippen LogP contribution in [0.25, 0.3) is 0 Å². The number of rotatable bonds is 8.